The first-order valence-corrected chi connectivity index (χ1v) is 8.80. The van der Waals surface area contributed by atoms with Gasteiger partial charge < -0.3 is 26.0 Å². The molecule has 1 heterocycles. The third-order valence-corrected chi connectivity index (χ3v) is 4.14. The van der Waals surface area contributed by atoms with Gasteiger partial charge in [-0.25, -0.2) is 0 Å². The molecule has 26 heavy (non-hydrogen) atoms. The molecular weight excluding hydrogens is 336 g/mol. The van der Waals surface area contributed by atoms with Crippen molar-refractivity contribution in [3.63, 3.8) is 0 Å². The van der Waals surface area contributed by atoms with Crippen molar-refractivity contribution >= 4 is 17.7 Å². The molecule has 3 amide bonds. The number of carbonyl (C=O) groups is 3. The van der Waals surface area contributed by atoms with Crippen LogP contribution >= 0.6 is 0 Å². The third kappa shape index (κ3) is 6.36. The van der Waals surface area contributed by atoms with E-state index in [0.717, 1.165) is 12.8 Å². The molecular formula is C18H26N4O4. The molecule has 8 heteroatoms. The van der Waals surface area contributed by atoms with E-state index in [1.807, 2.05) is 18.2 Å². The summed E-state index contributed by atoms with van der Waals surface area (Å²) >= 11 is 0. The monoisotopic (exact) mass is 362 g/mol. The molecule has 2 rings (SSSR count). The number of rotatable bonds is 8. The van der Waals surface area contributed by atoms with Gasteiger partial charge in [0, 0.05) is 26.2 Å². The zero-order valence-corrected chi connectivity index (χ0v) is 14.8. The van der Waals surface area contributed by atoms with Crippen LogP contribution in [0.5, 0.6) is 5.75 Å². The predicted molar refractivity (Wildman–Crippen MR) is 96.3 cm³/mol. The van der Waals surface area contributed by atoms with Crippen molar-refractivity contribution < 1.29 is 19.1 Å². The quantitative estimate of drug-likeness (QED) is 0.577. The van der Waals surface area contributed by atoms with Crippen LogP contribution < -0.4 is 21.1 Å². The maximum atomic E-state index is 12.3. The minimum Gasteiger partial charge on any atom is -0.484 e. The van der Waals surface area contributed by atoms with E-state index in [1.54, 1.807) is 17.0 Å². The number of benzene rings is 1. The summed E-state index contributed by atoms with van der Waals surface area (Å²) in [6.07, 6.45) is 1.51. The second kappa shape index (κ2) is 10.4. The van der Waals surface area contributed by atoms with Gasteiger partial charge in [-0.3, -0.25) is 14.4 Å². The van der Waals surface area contributed by atoms with Gasteiger partial charge in [0.1, 0.15) is 5.75 Å². The number of piperidine rings is 1. The lowest BCUT2D eigenvalue weighted by Crippen LogP contribution is -2.49. The number of carbonyl (C=O) groups excluding carboxylic acids is 3. The summed E-state index contributed by atoms with van der Waals surface area (Å²) in [5, 5.41) is 5.31. The molecule has 0 bridgehead atoms. The maximum absolute atomic E-state index is 12.3. The molecule has 0 aromatic heterocycles. The Kier molecular flexibility index (Phi) is 7.88. The Hall–Kier alpha value is -2.61. The van der Waals surface area contributed by atoms with E-state index in [-0.39, 0.29) is 36.8 Å². The fourth-order valence-corrected chi connectivity index (χ4v) is 2.76. The van der Waals surface area contributed by atoms with Crippen LogP contribution in [0.1, 0.15) is 12.8 Å². The molecule has 1 atom stereocenters. The number of hydrogen-bond acceptors (Lipinski definition) is 5. The summed E-state index contributed by atoms with van der Waals surface area (Å²) in [4.78, 5) is 37.7. The van der Waals surface area contributed by atoms with Gasteiger partial charge >= 0.3 is 0 Å². The molecule has 1 saturated heterocycles. The van der Waals surface area contributed by atoms with Crippen LogP contribution in [0.25, 0.3) is 0 Å². The van der Waals surface area contributed by atoms with Crippen molar-refractivity contribution in [1.82, 2.24) is 15.5 Å². The third-order valence-electron chi connectivity index (χ3n) is 4.14. The molecule has 0 aliphatic carbocycles. The van der Waals surface area contributed by atoms with Crippen LogP contribution in [0.3, 0.4) is 0 Å². The first kappa shape index (κ1) is 19.7. The normalized spacial score (nSPS) is 16.7. The Balaban J connectivity index is 1.71. The van der Waals surface area contributed by atoms with Gasteiger partial charge in [-0.2, -0.15) is 0 Å². The molecule has 1 aromatic carbocycles. The lowest BCUT2D eigenvalue weighted by atomic mass is 9.97. The number of para-hydroxylation sites is 1. The number of amides is 3. The van der Waals surface area contributed by atoms with Crippen LogP contribution in [0, 0.1) is 5.92 Å². The van der Waals surface area contributed by atoms with Gasteiger partial charge in [-0.05, 0) is 25.0 Å². The average Bonchev–Trinajstić information content (AvgIpc) is 2.69. The SMILES string of the molecule is NCCNC(=O)C1CCCN(C(=O)CNC(=O)COc2ccccc2)C1. The van der Waals surface area contributed by atoms with Gasteiger partial charge in [0.25, 0.3) is 5.91 Å². The number of hydrogen-bond donors (Lipinski definition) is 3. The molecule has 0 radical (unpaired) electrons. The standard InChI is InChI=1S/C18H26N4O4/c19-8-9-20-18(25)14-5-4-10-22(12-14)17(24)11-21-16(23)13-26-15-6-2-1-3-7-15/h1-3,6-7,14H,4-5,8-13,19H2,(H,20,25)(H,21,23). The van der Waals surface area contributed by atoms with Gasteiger partial charge in [-0.15, -0.1) is 0 Å². The predicted octanol–water partition coefficient (Wildman–Crippen LogP) is -0.505. The summed E-state index contributed by atoms with van der Waals surface area (Å²) < 4.78 is 5.33. The highest BCUT2D eigenvalue weighted by Gasteiger charge is 2.28. The maximum Gasteiger partial charge on any atom is 0.258 e. The zero-order valence-electron chi connectivity index (χ0n) is 14.8. The van der Waals surface area contributed by atoms with E-state index in [4.69, 9.17) is 10.5 Å². The summed E-state index contributed by atoms with van der Waals surface area (Å²) in [7, 11) is 0. The second-order valence-electron chi connectivity index (χ2n) is 6.14. The highest BCUT2D eigenvalue weighted by molar-refractivity contribution is 5.86. The van der Waals surface area contributed by atoms with Crippen LogP contribution in [0.15, 0.2) is 30.3 Å². The lowest BCUT2D eigenvalue weighted by molar-refractivity contribution is -0.137. The number of nitrogens with zero attached hydrogens (tertiary/aromatic N) is 1. The fourth-order valence-electron chi connectivity index (χ4n) is 2.76. The molecule has 4 N–H and O–H groups in total. The van der Waals surface area contributed by atoms with Crippen LogP contribution in [-0.4, -0.2) is 62.0 Å². The van der Waals surface area contributed by atoms with Gasteiger partial charge in [0.05, 0.1) is 12.5 Å². The largest absolute Gasteiger partial charge is 0.484 e. The van der Waals surface area contributed by atoms with Crippen molar-refractivity contribution in [2.45, 2.75) is 12.8 Å². The van der Waals surface area contributed by atoms with E-state index in [1.165, 1.54) is 0 Å². The highest BCUT2D eigenvalue weighted by Crippen LogP contribution is 2.16. The fraction of sp³-hybridized carbons (Fsp3) is 0.500. The van der Waals surface area contributed by atoms with Crippen molar-refractivity contribution in [3.8, 4) is 5.75 Å². The molecule has 1 aromatic rings. The number of nitrogens with two attached hydrogens (primary N) is 1. The molecule has 0 saturated carbocycles. The summed E-state index contributed by atoms with van der Waals surface area (Å²) in [5.74, 6) is -0.271. The molecule has 1 fully saturated rings. The second-order valence-corrected chi connectivity index (χ2v) is 6.14. The Labute approximate surface area is 153 Å². The summed E-state index contributed by atoms with van der Waals surface area (Å²) in [6.45, 7) is 1.52. The average molecular weight is 362 g/mol. The Morgan fingerprint density at radius 1 is 1.19 bits per heavy atom. The first-order chi connectivity index (χ1) is 12.6. The Bertz CT molecular complexity index is 608. The van der Waals surface area contributed by atoms with E-state index < -0.39 is 0 Å². The van der Waals surface area contributed by atoms with E-state index in [2.05, 4.69) is 10.6 Å². The van der Waals surface area contributed by atoms with Crippen molar-refractivity contribution in [1.29, 1.82) is 0 Å². The van der Waals surface area contributed by atoms with Crippen LogP contribution in [0.2, 0.25) is 0 Å². The van der Waals surface area contributed by atoms with Crippen molar-refractivity contribution in [2.75, 3.05) is 39.3 Å². The van der Waals surface area contributed by atoms with Crippen molar-refractivity contribution in [2.24, 2.45) is 11.7 Å². The minimum absolute atomic E-state index is 0.0757. The Morgan fingerprint density at radius 3 is 2.69 bits per heavy atom. The number of likely N-dealkylation sites (tertiary alicyclic amines) is 1. The number of ether oxygens (including phenoxy) is 1. The van der Waals surface area contributed by atoms with Gasteiger partial charge in [0.15, 0.2) is 6.61 Å². The molecule has 8 nitrogen and oxygen atoms in total. The lowest BCUT2D eigenvalue weighted by Gasteiger charge is -2.32. The topological polar surface area (TPSA) is 114 Å². The molecule has 0 spiro atoms. The summed E-state index contributed by atoms with van der Waals surface area (Å²) in [5.41, 5.74) is 5.38. The number of nitrogens with one attached hydrogen (secondary N) is 2. The Morgan fingerprint density at radius 2 is 1.96 bits per heavy atom. The van der Waals surface area contributed by atoms with Crippen LogP contribution in [0.4, 0.5) is 0 Å². The molecule has 1 aliphatic rings. The molecule has 1 unspecified atom stereocenters. The van der Waals surface area contributed by atoms with Crippen LogP contribution in [-0.2, 0) is 14.4 Å². The van der Waals surface area contributed by atoms with E-state index in [0.29, 0.717) is 31.9 Å². The van der Waals surface area contributed by atoms with E-state index in [9.17, 15) is 14.4 Å². The van der Waals surface area contributed by atoms with Gasteiger partial charge in [0.2, 0.25) is 11.8 Å². The zero-order chi connectivity index (χ0) is 18.8. The van der Waals surface area contributed by atoms with Crippen molar-refractivity contribution in [3.05, 3.63) is 30.3 Å². The molecule has 142 valence electrons. The van der Waals surface area contributed by atoms with Gasteiger partial charge in [-0.1, -0.05) is 18.2 Å². The smallest absolute Gasteiger partial charge is 0.258 e. The van der Waals surface area contributed by atoms with E-state index >= 15 is 0 Å². The highest BCUT2D eigenvalue weighted by atomic mass is 16.5. The first-order valence-electron chi connectivity index (χ1n) is 8.80. The molecule has 1 aliphatic heterocycles. The minimum atomic E-state index is -0.364. The summed E-state index contributed by atoms with van der Waals surface area (Å²) in [6, 6.07) is 8.98.